The van der Waals surface area contributed by atoms with Crippen LogP contribution >= 0.6 is 0 Å². The quantitative estimate of drug-likeness (QED) is 0.590. The van der Waals surface area contributed by atoms with Gasteiger partial charge < -0.3 is 10.2 Å². The zero-order chi connectivity index (χ0) is 11.8. The summed E-state index contributed by atoms with van der Waals surface area (Å²) >= 11 is 0. The highest BCUT2D eigenvalue weighted by atomic mass is 16.3. The summed E-state index contributed by atoms with van der Waals surface area (Å²) < 4.78 is 0. The molecule has 0 radical (unpaired) electrons. The van der Waals surface area contributed by atoms with E-state index in [-0.39, 0.29) is 11.8 Å². The van der Waals surface area contributed by atoms with Crippen molar-refractivity contribution in [2.45, 2.75) is 58.3 Å². The molecule has 1 aromatic rings. The minimum atomic E-state index is 0.0513. The largest absolute Gasteiger partial charge is 0.495 e. The van der Waals surface area contributed by atoms with E-state index in [0.717, 1.165) is 18.4 Å². The van der Waals surface area contributed by atoms with Crippen molar-refractivity contribution in [3.05, 3.63) is 11.6 Å². The van der Waals surface area contributed by atoms with Gasteiger partial charge in [0.05, 0.1) is 0 Å². The predicted octanol–water partition coefficient (Wildman–Crippen LogP) is 3.72. The van der Waals surface area contributed by atoms with Crippen molar-refractivity contribution in [2.75, 3.05) is 0 Å². The Morgan fingerprint density at radius 1 is 1.00 bits per heavy atom. The Kier molecular flexibility index (Phi) is 5.83. The van der Waals surface area contributed by atoms with Crippen molar-refractivity contribution in [3.63, 3.8) is 0 Å². The van der Waals surface area contributed by atoms with Gasteiger partial charge in [-0.05, 0) is 12.8 Å². The lowest BCUT2D eigenvalue weighted by Crippen LogP contribution is -1.85. The van der Waals surface area contributed by atoms with Crippen molar-refractivity contribution < 1.29 is 10.2 Å². The van der Waals surface area contributed by atoms with Crippen LogP contribution in [-0.2, 0) is 6.42 Å². The van der Waals surface area contributed by atoms with Gasteiger partial charge in [-0.15, -0.1) is 0 Å². The standard InChI is InChI=1S/C13H23NO2/c1-2-3-4-5-6-7-8-9-11-10-12(15)14-13(11)16/h10,14-16H,2-9H2,1H3. The van der Waals surface area contributed by atoms with E-state index in [1.807, 2.05) is 0 Å². The van der Waals surface area contributed by atoms with Crippen LogP contribution in [0.2, 0.25) is 0 Å². The zero-order valence-corrected chi connectivity index (χ0v) is 10.1. The van der Waals surface area contributed by atoms with E-state index in [4.69, 9.17) is 5.11 Å². The van der Waals surface area contributed by atoms with Crippen LogP contribution in [-0.4, -0.2) is 15.2 Å². The summed E-state index contributed by atoms with van der Waals surface area (Å²) in [5.74, 6) is 0.166. The molecule has 0 aliphatic heterocycles. The van der Waals surface area contributed by atoms with Crippen molar-refractivity contribution >= 4 is 0 Å². The maximum Gasteiger partial charge on any atom is 0.194 e. The van der Waals surface area contributed by atoms with Gasteiger partial charge in [-0.3, -0.25) is 4.98 Å². The number of aromatic amines is 1. The van der Waals surface area contributed by atoms with Gasteiger partial charge in [0.1, 0.15) is 0 Å². The molecule has 1 aromatic heterocycles. The first-order chi connectivity index (χ1) is 7.74. The number of nitrogens with one attached hydrogen (secondary N) is 1. The second kappa shape index (κ2) is 7.20. The first-order valence-electron chi connectivity index (χ1n) is 6.34. The van der Waals surface area contributed by atoms with Gasteiger partial charge in [-0.25, -0.2) is 0 Å². The van der Waals surface area contributed by atoms with Gasteiger partial charge in [-0.1, -0.05) is 45.4 Å². The Hall–Kier alpha value is -1.12. The normalized spacial score (nSPS) is 10.8. The highest BCUT2D eigenvalue weighted by molar-refractivity contribution is 5.32. The minimum absolute atomic E-state index is 0.0513. The van der Waals surface area contributed by atoms with Crippen LogP contribution in [0.5, 0.6) is 11.8 Å². The Bertz CT molecular complexity index is 294. The molecule has 3 heteroatoms. The molecule has 0 bridgehead atoms. The Morgan fingerprint density at radius 2 is 1.62 bits per heavy atom. The number of hydrogen-bond donors (Lipinski definition) is 3. The van der Waals surface area contributed by atoms with Crippen LogP contribution < -0.4 is 0 Å². The fourth-order valence-electron chi connectivity index (χ4n) is 1.93. The smallest absolute Gasteiger partial charge is 0.194 e. The van der Waals surface area contributed by atoms with Crippen molar-refractivity contribution in [3.8, 4) is 11.8 Å². The van der Waals surface area contributed by atoms with Gasteiger partial charge in [0.15, 0.2) is 11.8 Å². The fraction of sp³-hybridized carbons (Fsp3) is 0.692. The summed E-state index contributed by atoms with van der Waals surface area (Å²) in [7, 11) is 0. The van der Waals surface area contributed by atoms with Crippen LogP contribution in [0.15, 0.2) is 6.07 Å². The number of H-pyrrole nitrogens is 1. The number of aryl methyl sites for hydroxylation is 1. The number of unbranched alkanes of at least 4 members (excludes halogenated alkanes) is 6. The molecule has 0 amide bonds. The van der Waals surface area contributed by atoms with Crippen LogP contribution in [0.3, 0.4) is 0 Å². The van der Waals surface area contributed by atoms with E-state index in [9.17, 15) is 5.11 Å². The molecule has 0 unspecified atom stereocenters. The van der Waals surface area contributed by atoms with Crippen LogP contribution in [0.4, 0.5) is 0 Å². The lowest BCUT2D eigenvalue weighted by atomic mass is 10.1. The molecule has 1 heterocycles. The van der Waals surface area contributed by atoms with E-state index >= 15 is 0 Å². The third-order valence-electron chi connectivity index (χ3n) is 2.91. The molecule has 0 aliphatic carbocycles. The molecule has 3 nitrogen and oxygen atoms in total. The molecule has 0 atom stereocenters. The Morgan fingerprint density at radius 3 is 2.19 bits per heavy atom. The summed E-state index contributed by atoms with van der Waals surface area (Å²) in [6.45, 7) is 2.22. The SMILES string of the molecule is CCCCCCCCCc1cc(O)[nH]c1O. The van der Waals surface area contributed by atoms with E-state index < -0.39 is 0 Å². The summed E-state index contributed by atoms with van der Waals surface area (Å²) in [6.07, 6.45) is 9.69. The number of aromatic nitrogens is 1. The first kappa shape index (κ1) is 12.9. The second-order valence-corrected chi connectivity index (χ2v) is 4.40. The van der Waals surface area contributed by atoms with Crippen molar-refractivity contribution in [1.82, 2.24) is 4.98 Å². The molecule has 0 spiro atoms. The average Bonchev–Trinajstić information content (AvgIpc) is 2.56. The van der Waals surface area contributed by atoms with Gasteiger partial charge in [0.25, 0.3) is 0 Å². The second-order valence-electron chi connectivity index (χ2n) is 4.40. The lowest BCUT2D eigenvalue weighted by molar-refractivity contribution is 0.422. The molecule has 0 aromatic carbocycles. The van der Waals surface area contributed by atoms with Gasteiger partial charge >= 0.3 is 0 Å². The first-order valence-corrected chi connectivity index (χ1v) is 6.34. The lowest BCUT2D eigenvalue weighted by Gasteiger charge is -2.00. The highest BCUT2D eigenvalue weighted by Crippen LogP contribution is 2.23. The van der Waals surface area contributed by atoms with E-state index in [2.05, 4.69) is 11.9 Å². The van der Waals surface area contributed by atoms with Gasteiger partial charge in [0, 0.05) is 11.6 Å². The topological polar surface area (TPSA) is 56.2 Å². The molecule has 0 aliphatic rings. The minimum Gasteiger partial charge on any atom is -0.495 e. The van der Waals surface area contributed by atoms with E-state index in [1.165, 1.54) is 38.5 Å². The Balaban J connectivity index is 2.05. The maximum absolute atomic E-state index is 9.39. The number of rotatable bonds is 8. The van der Waals surface area contributed by atoms with Crippen LogP contribution in [0.25, 0.3) is 0 Å². The summed E-state index contributed by atoms with van der Waals surface area (Å²) in [6, 6.07) is 1.60. The van der Waals surface area contributed by atoms with E-state index in [1.54, 1.807) is 6.07 Å². The number of aromatic hydroxyl groups is 2. The van der Waals surface area contributed by atoms with E-state index in [0.29, 0.717) is 0 Å². The maximum atomic E-state index is 9.39. The van der Waals surface area contributed by atoms with Crippen LogP contribution in [0, 0.1) is 0 Å². The number of hydrogen-bond acceptors (Lipinski definition) is 2. The van der Waals surface area contributed by atoms with Gasteiger partial charge in [-0.2, -0.15) is 0 Å². The molecule has 0 saturated heterocycles. The molecule has 16 heavy (non-hydrogen) atoms. The third kappa shape index (κ3) is 4.60. The molecule has 3 N–H and O–H groups in total. The van der Waals surface area contributed by atoms with Crippen molar-refractivity contribution in [1.29, 1.82) is 0 Å². The molecular weight excluding hydrogens is 202 g/mol. The Labute approximate surface area is 97.5 Å². The third-order valence-corrected chi connectivity index (χ3v) is 2.91. The molecule has 92 valence electrons. The average molecular weight is 225 g/mol. The monoisotopic (exact) mass is 225 g/mol. The molecule has 1 rings (SSSR count). The molecular formula is C13H23NO2. The molecule has 0 saturated carbocycles. The summed E-state index contributed by atoms with van der Waals surface area (Å²) in [4.78, 5) is 2.49. The van der Waals surface area contributed by atoms with Crippen molar-refractivity contribution in [2.24, 2.45) is 0 Å². The predicted molar refractivity (Wildman–Crippen MR) is 65.8 cm³/mol. The summed E-state index contributed by atoms with van der Waals surface area (Å²) in [5, 5.41) is 18.5. The van der Waals surface area contributed by atoms with Crippen LogP contribution in [0.1, 0.15) is 57.4 Å². The summed E-state index contributed by atoms with van der Waals surface area (Å²) in [5.41, 5.74) is 0.825. The zero-order valence-electron chi connectivity index (χ0n) is 10.1. The highest BCUT2D eigenvalue weighted by Gasteiger charge is 2.05. The van der Waals surface area contributed by atoms with Gasteiger partial charge in [0.2, 0.25) is 0 Å². The fourth-order valence-corrected chi connectivity index (χ4v) is 1.93. The molecule has 0 fully saturated rings.